The first kappa shape index (κ1) is 14.7. The molecule has 0 unspecified atom stereocenters. The van der Waals surface area contributed by atoms with E-state index < -0.39 is 0 Å². The molecule has 0 bridgehead atoms. The zero-order chi connectivity index (χ0) is 15.6. The molecule has 0 fully saturated rings. The van der Waals surface area contributed by atoms with Crippen molar-refractivity contribution in [2.45, 2.75) is 0 Å². The smallest absolute Gasteiger partial charge is 0.289 e. The summed E-state index contributed by atoms with van der Waals surface area (Å²) in [5, 5.41) is 4.19. The Morgan fingerprint density at radius 3 is 2.29 bits per heavy atom. The van der Waals surface area contributed by atoms with Crippen LogP contribution in [-0.2, 0) is 7.05 Å². The lowest BCUT2D eigenvalue weighted by Crippen LogP contribution is -2.22. The number of anilines is 1. The van der Waals surface area contributed by atoms with E-state index in [9.17, 15) is 4.79 Å². The van der Waals surface area contributed by atoms with Crippen LogP contribution in [0, 0.1) is 0 Å². The normalized spacial score (nSPS) is 10.3. The molecule has 7 nitrogen and oxygen atoms in total. The van der Waals surface area contributed by atoms with Crippen LogP contribution < -0.4 is 25.5 Å². The summed E-state index contributed by atoms with van der Waals surface area (Å²) in [6.07, 6.45) is 0. The predicted molar refractivity (Wildman–Crippen MR) is 79.0 cm³/mol. The summed E-state index contributed by atoms with van der Waals surface area (Å²) in [6.45, 7) is 0. The number of benzene rings is 1. The first-order chi connectivity index (χ1) is 10.0. The molecule has 0 amide bonds. The van der Waals surface area contributed by atoms with E-state index in [1.54, 1.807) is 19.2 Å². The van der Waals surface area contributed by atoms with E-state index in [0.717, 1.165) is 0 Å². The van der Waals surface area contributed by atoms with Crippen molar-refractivity contribution in [2.75, 3.05) is 27.1 Å². The van der Waals surface area contributed by atoms with Gasteiger partial charge in [0, 0.05) is 12.6 Å². The molecule has 1 aromatic heterocycles. The maximum atomic E-state index is 11.6. The maximum Gasteiger partial charge on any atom is 0.289 e. The van der Waals surface area contributed by atoms with Crippen LogP contribution in [0.3, 0.4) is 0 Å². The molecule has 2 N–H and O–H groups in total. The molecule has 21 heavy (non-hydrogen) atoms. The zero-order valence-corrected chi connectivity index (χ0v) is 12.3. The first-order valence-corrected chi connectivity index (χ1v) is 6.16. The van der Waals surface area contributed by atoms with Crippen LogP contribution in [0.25, 0.3) is 11.3 Å². The molecule has 7 heteroatoms. The van der Waals surface area contributed by atoms with Crippen LogP contribution >= 0.6 is 0 Å². The summed E-state index contributed by atoms with van der Waals surface area (Å²) < 4.78 is 17.1. The van der Waals surface area contributed by atoms with E-state index >= 15 is 0 Å². The first-order valence-electron chi connectivity index (χ1n) is 6.16. The van der Waals surface area contributed by atoms with Crippen LogP contribution in [0.5, 0.6) is 17.2 Å². The SMILES string of the molecule is COc1ccc(-c2cc(N)c(=O)n(C)n2)c(OC)c1OC. The molecule has 0 atom stereocenters. The minimum Gasteiger partial charge on any atom is -0.493 e. The second-order valence-electron chi connectivity index (χ2n) is 4.30. The second-order valence-corrected chi connectivity index (χ2v) is 4.30. The van der Waals surface area contributed by atoms with Gasteiger partial charge in [-0.2, -0.15) is 5.10 Å². The highest BCUT2D eigenvalue weighted by atomic mass is 16.5. The topological polar surface area (TPSA) is 88.6 Å². The number of aryl methyl sites for hydroxylation is 1. The van der Waals surface area contributed by atoms with Crippen molar-refractivity contribution in [3.05, 3.63) is 28.6 Å². The standard InChI is InChI=1S/C14H17N3O4/c1-17-14(18)9(15)7-10(16-17)8-5-6-11(19-2)13(21-4)12(8)20-3/h5-7H,15H2,1-4H3. The predicted octanol–water partition coefficient (Wildman–Crippen LogP) is 1.06. The van der Waals surface area contributed by atoms with Crippen molar-refractivity contribution < 1.29 is 14.2 Å². The third-order valence-corrected chi connectivity index (χ3v) is 3.07. The Hall–Kier alpha value is -2.70. The molecule has 2 rings (SSSR count). The van der Waals surface area contributed by atoms with E-state index in [2.05, 4.69) is 5.10 Å². The fourth-order valence-electron chi connectivity index (χ4n) is 2.07. The Kier molecular flexibility index (Phi) is 4.02. The van der Waals surface area contributed by atoms with Gasteiger partial charge in [-0.1, -0.05) is 0 Å². The monoisotopic (exact) mass is 291 g/mol. The Morgan fingerprint density at radius 1 is 1.10 bits per heavy atom. The van der Waals surface area contributed by atoms with Crippen molar-refractivity contribution in [3.63, 3.8) is 0 Å². The lowest BCUT2D eigenvalue weighted by molar-refractivity contribution is 0.325. The summed E-state index contributed by atoms with van der Waals surface area (Å²) in [7, 11) is 6.12. The Bertz CT molecular complexity index is 699. The minimum absolute atomic E-state index is 0.110. The summed E-state index contributed by atoms with van der Waals surface area (Å²) >= 11 is 0. The Morgan fingerprint density at radius 2 is 1.76 bits per heavy atom. The number of aromatic nitrogens is 2. The molecule has 0 radical (unpaired) electrons. The van der Waals surface area contributed by atoms with Crippen LogP contribution in [0.1, 0.15) is 0 Å². The molecule has 0 saturated carbocycles. The lowest BCUT2D eigenvalue weighted by Gasteiger charge is -2.15. The van der Waals surface area contributed by atoms with Gasteiger partial charge in [0.1, 0.15) is 5.69 Å². The van der Waals surface area contributed by atoms with Crippen LogP contribution in [0.15, 0.2) is 23.0 Å². The molecule has 1 heterocycles. The number of rotatable bonds is 4. The number of nitrogen functional groups attached to an aromatic ring is 1. The van der Waals surface area contributed by atoms with Gasteiger partial charge in [-0.3, -0.25) is 4.79 Å². The number of ether oxygens (including phenoxy) is 3. The Balaban J connectivity index is 2.72. The molecule has 0 saturated heterocycles. The largest absolute Gasteiger partial charge is 0.493 e. The average Bonchev–Trinajstić information content (AvgIpc) is 2.50. The van der Waals surface area contributed by atoms with Crippen LogP contribution in [0.4, 0.5) is 5.69 Å². The van der Waals surface area contributed by atoms with E-state index in [1.807, 2.05) is 0 Å². The second kappa shape index (κ2) is 5.74. The van der Waals surface area contributed by atoms with Gasteiger partial charge in [0.25, 0.3) is 5.56 Å². The molecule has 1 aromatic carbocycles. The number of methoxy groups -OCH3 is 3. The fourth-order valence-corrected chi connectivity index (χ4v) is 2.07. The third-order valence-electron chi connectivity index (χ3n) is 3.07. The van der Waals surface area contributed by atoms with Gasteiger partial charge < -0.3 is 19.9 Å². The van der Waals surface area contributed by atoms with Gasteiger partial charge in [-0.05, 0) is 18.2 Å². The summed E-state index contributed by atoms with van der Waals surface area (Å²) in [6, 6.07) is 5.01. The number of hydrogen-bond acceptors (Lipinski definition) is 6. The highest BCUT2D eigenvalue weighted by molar-refractivity contribution is 5.75. The molecule has 0 aliphatic rings. The van der Waals surface area contributed by atoms with Gasteiger partial charge in [-0.15, -0.1) is 0 Å². The molecule has 0 aliphatic heterocycles. The van der Waals surface area contributed by atoms with Crippen molar-refractivity contribution in [2.24, 2.45) is 7.05 Å². The quantitative estimate of drug-likeness (QED) is 0.906. The Labute approximate surface area is 121 Å². The fraction of sp³-hybridized carbons (Fsp3) is 0.286. The van der Waals surface area contributed by atoms with Gasteiger partial charge in [-0.25, -0.2) is 4.68 Å². The van der Waals surface area contributed by atoms with Crippen molar-refractivity contribution in [1.82, 2.24) is 9.78 Å². The van der Waals surface area contributed by atoms with E-state index in [0.29, 0.717) is 28.5 Å². The molecule has 0 spiro atoms. The lowest BCUT2D eigenvalue weighted by atomic mass is 10.1. The maximum absolute atomic E-state index is 11.6. The van der Waals surface area contributed by atoms with Crippen molar-refractivity contribution in [3.8, 4) is 28.5 Å². The van der Waals surface area contributed by atoms with Gasteiger partial charge in [0.2, 0.25) is 5.75 Å². The summed E-state index contributed by atoms with van der Waals surface area (Å²) in [4.78, 5) is 11.6. The summed E-state index contributed by atoms with van der Waals surface area (Å²) in [5.41, 5.74) is 6.63. The van der Waals surface area contributed by atoms with E-state index in [-0.39, 0.29) is 11.2 Å². The van der Waals surface area contributed by atoms with Crippen molar-refractivity contribution in [1.29, 1.82) is 0 Å². The molecule has 2 aromatic rings. The highest BCUT2D eigenvalue weighted by Gasteiger charge is 2.18. The molecule has 0 aliphatic carbocycles. The molecular formula is C14H17N3O4. The van der Waals surface area contributed by atoms with E-state index in [1.165, 1.54) is 32.0 Å². The van der Waals surface area contributed by atoms with Crippen molar-refractivity contribution >= 4 is 5.69 Å². The highest BCUT2D eigenvalue weighted by Crippen LogP contribution is 2.43. The van der Waals surface area contributed by atoms with Gasteiger partial charge in [0.15, 0.2) is 11.5 Å². The minimum atomic E-state index is -0.349. The zero-order valence-electron chi connectivity index (χ0n) is 12.3. The third kappa shape index (κ3) is 2.49. The van der Waals surface area contributed by atoms with Gasteiger partial charge in [0.05, 0.1) is 27.0 Å². The average molecular weight is 291 g/mol. The number of hydrogen-bond donors (Lipinski definition) is 1. The van der Waals surface area contributed by atoms with Crippen LogP contribution in [-0.4, -0.2) is 31.1 Å². The number of nitrogens with two attached hydrogens (primary N) is 1. The van der Waals surface area contributed by atoms with Gasteiger partial charge >= 0.3 is 0 Å². The number of nitrogens with zero attached hydrogens (tertiary/aromatic N) is 2. The summed E-state index contributed by atoms with van der Waals surface area (Å²) in [5.74, 6) is 1.45. The van der Waals surface area contributed by atoms with E-state index in [4.69, 9.17) is 19.9 Å². The molecule has 112 valence electrons. The molecular weight excluding hydrogens is 274 g/mol. The van der Waals surface area contributed by atoms with Crippen LogP contribution in [0.2, 0.25) is 0 Å².